The number of benzene rings is 3. The van der Waals surface area contributed by atoms with E-state index in [1.807, 2.05) is 27.7 Å². The number of sulfonamides is 1. The Balaban J connectivity index is 2.05. The first-order valence-corrected chi connectivity index (χ1v) is 16.2. The van der Waals surface area contributed by atoms with Gasteiger partial charge in [0.1, 0.15) is 18.3 Å². The van der Waals surface area contributed by atoms with E-state index in [0.29, 0.717) is 32.4 Å². The standard InChI is InChI=1S/C30H34BrCl2N3O5S/c1-6-41-24-12-10-23(11-13-24)36(42(39,40)25-14-8-22(31)9-15-25)19-28(37)35(20(2)29(38)34-30(3,4)5)18-21-7-16-26(32)27(33)17-21/h7-17,20H,6,18-19H2,1-5H3,(H,34,38)/t20-/m0/s1. The molecule has 3 aromatic carbocycles. The third kappa shape index (κ3) is 8.86. The van der Waals surface area contributed by atoms with Gasteiger partial charge in [0.2, 0.25) is 11.8 Å². The average Bonchev–Trinajstić information content (AvgIpc) is 2.91. The molecule has 0 aliphatic carbocycles. The summed E-state index contributed by atoms with van der Waals surface area (Å²) in [5.41, 5.74) is 0.329. The van der Waals surface area contributed by atoms with Crippen LogP contribution in [0.15, 0.2) is 76.1 Å². The van der Waals surface area contributed by atoms with Crippen LogP contribution in [0.4, 0.5) is 5.69 Å². The molecule has 1 N–H and O–H groups in total. The van der Waals surface area contributed by atoms with E-state index < -0.39 is 34.1 Å². The van der Waals surface area contributed by atoms with Gasteiger partial charge in [0, 0.05) is 16.6 Å². The summed E-state index contributed by atoms with van der Waals surface area (Å²) < 4.78 is 35.1. The summed E-state index contributed by atoms with van der Waals surface area (Å²) >= 11 is 15.6. The molecule has 0 unspecified atom stereocenters. The first kappa shape index (κ1) is 33.7. The van der Waals surface area contributed by atoms with Crippen molar-refractivity contribution in [1.82, 2.24) is 10.2 Å². The van der Waals surface area contributed by atoms with Crippen LogP contribution in [0.2, 0.25) is 10.0 Å². The van der Waals surface area contributed by atoms with Gasteiger partial charge < -0.3 is 15.0 Å². The Morgan fingerprint density at radius 3 is 2.14 bits per heavy atom. The number of carbonyl (C=O) groups is 2. The predicted molar refractivity (Wildman–Crippen MR) is 171 cm³/mol. The topological polar surface area (TPSA) is 96.0 Å². The zero-order chi connectivity index (χ0) is 31.2. The number of anilines is 1. The largest absolute Gasteiger partial charge is 0.494 e. The molecule has 0 heterocycles. The van der Waals surface area contributed by atoms with E-state index in [-0.39, 0.29) is 23.0 Å². The zero-order valence-electron chi connectivity index (χ0n) is 24.0. The van der Waals surface area contributed by atoms with E-state index in [0.717, 1.165) is 4.31 Å². The molecule has 0 saturated carbocycles. The lowest BCUT2D eigenvalue weighted by molar-refractivity contribution is -0.140. The summed E-state index contributed by atoms with van der Waals surface area (Å²) in [6, 6.07) is 16.5. The number of nitrogens with one attached hydrogen (secondary N) is 1. The Hall–Kier alpha value is -2.79. The Labute approximate surface area is 266 Å². The molecule has 42 heavy (non-hydrogen) atoms. The maximum absolute atomic E-state index is 14.0. The number of nitrogens with zero attached hydrogens (tertiary/aromatic N) is 2. The van der Waals surface area contributed by atoms with Crippen LogP contribution in [0.25, 0.3) is 0 Å². The van der Waals surface area contributed by atoms with Gasteiger partial charge in [-0.05, 0) is 101 Å². The molecule has 0 aliphatic heterocycles. The number of ether oxygens (including phenoxy) is 1. The van der Waals surface area contributed by atoms with Gasteiger partial charge >= 0.3 is 0 Å². The fourth-order valence-corrected chi connectivity index (χ4v) is 6.03. The van der Waals surface area contributed by atoms with E-state index >= 15 is 0 Å². The summed E-state index contributed by atoms with van der Waals surface area (Å²) in [5, 5.41) is 3.53. The molecule has 0 aliphatic rings. The minimum Gasteiger partial charge on any atom is -0.494 e. The number of amides is 2. The summed E-state index contributed by atoms with van der Waals surface area (Å²) in [6.07, 6.45) is 0. The number of halogens is 3. The first-order chi connectivity index (χ1) is 19.6. The zero-order valence-corrected chi connectivity index (χ0v) is 27.9. The molecule has 0 fully saturated rings. The molecule has 226 valence electrons. The highest BCUT2D eigenvalue weighted by atomic mass is 79.9. The molecular weight excluding hydrogens is 665 g/mol. The minimum atomic E-state index is -4.20. The average molecular weight is 699 g/mol. The van der Waals surface area contributed by atoms with Gasteiger partial charge in [0.25, 0.3) is 10.0 Å². The van der Waals surface area contributed by atoms with Crippen molar-refractivity contribution in [1.29, 1.82) is 0 Å². The van der Waals surface area contributed by atoms with Gasteiger partial charge in [0.05, 0.1) is 27.2 Å². The Kier molecular flexibility index (Phi) is 11.3. The highest BCUT2D eigenvalue weighted by molar-refractivity contribution is 9.10. The van der Waals surface area contributed by atoms with Gasteiger partial charge in [0.15, 0.2) is 0 Å². The highest BCUT2D eigenvalue weighted by Gasteiger charge is 2.33. The predicted octanol–water partition coefficient (Wildman–Crippen LogP) is 6.68. The molecule has 3 aromatic rings. The van der Waals surface area contributed by atoms with Crippen molar-refractivity contribution in [3.8, 4) is 5.75 Å². The van der Waals surface area contributed by atoms with Crippen LogP contribution in [0.5, 0.6) is 5.75 Å². The summed E-state index contributed by atoms with van der Waals surface area (Å²) in [7, 11) is -4.20. The molecular formula is C30H34BrCl2N3O5S. The molecule has 0 radical (unpaired) electrons. The normalized spacial score (nSPS) is 12.4. The van der Waals surface area contributed by atoms with Crippen molar-refractivity contribution in [3.05, 3.63) is 86.8 Å². The lowest BCUT2D eigenvalue weighted by atomic mass is 10.1. The van der Waals surface area contributed by atoms with E-state index in [2.05, 4.69) is 21.2 Å². The molecule has 12 heteroatoms. The fraction of sp³-hybridized carbons (Fsp3) is 0.333. The fourth-order valence-electron chi connectivity index (χ4n) is 4.03. The van der Waals surface area contributed by atoms with Gasteiger partial charge in [-0.1, -0.05) is 45.2 Å². The van der Waals surface area contributed by atoms with Crippen molar-refractivity contribution < 1.29 is 22.7 Å². The molecule has 0 aromatic heterocycles. The van der Waals surface area contributed by atoms with Crippen LogP contribution in [0.3, 0.4) is 0 Å². The summed E-state index contributed by atoms with van der Waals surface area (Å²) in [6.45, 7) is 8.81. The molecule has 8 nitrogen and oxygen atoms in total. The molecule has 0 bridgehead atoms. The molecule has 1 atom stereocenters. The van der Waals surface area contributed by atoms with Crippen molar-refractivity contribution in [2.45, 2.75) is 57.6 Å². The third-order valence-electron chi connectivity index (χ3n) is 6.12. The lowest BCUT2D eigenvalue weighted by Gasteiger charge is -2.33. The van der Waals surface area contributed by atoms with Crippen molar-refractivity contribution in [2.24, 2.45) is 0 Å². The molecule has 3 rings (SSSR count). The Bertz CT molecular complexity index is 1510. The number of hydrogen-bond donors (Lipinski definition) is 1. The van der Waals surface area contributed by atoms with Crippen molar-refractivity contribution >= 4 is 66.7 Å². The van der Waals surface area contributed by atoms with E-state index in [1.165, 1.54) is 17.0 Å². The summed E-state index contributed by atoms with van der Waals surface area (Å²) in [5.74, 6) is -0.422. The Morgan fingerprint density at radius 1 is 0.976 bits per heavy atom. The maximum atomic E-state index is 14.0. The van der Waals surface area contributed by atoms with E-state index in [1.54, 1.807) is 61.5 Å². The second kappa shape index (κ2) is 14.1. The number of hydrogen-bond acceptors (Lipinski definition) is 5. The van der Waals surface area contributed by atoms with Crippen LogP contribution in [0.1, 0.15) is 40.2 Å². The van der Waals surface area contributed by atoms with Crippen molar-refractivity contribution in [2.75, 3.05) is 17.5 Å². The summed E-state index contributed by atoms with van der Waals surface area (Å²) in [4.78, 5) is 28.6. The van der Waals surface area contributed by atoms with Crippen LogP contribution in [0, 0.1) is 0 Å². The SMILES string of the molecule is CCOc1ccc(N(CC(=O)N(Cc2ccc(Cl)c(Cl)c2)[C@@H](C)C(=O)NC(C)(C)C)S(=O)(=O)c2ccc(Br)cc2)cc1. The van der Waals surface area contributed by atoms with Gasteiger partial charge in [-0.15, -0.1) is 0 Å². The Morgan fingerprint density at radius 2 is 1.60 bits per heavy atom. The molecule has 0 saturated heterocycles. The van der Waals surface area contributed by atoms with Gasteiger partial charge in [-0.25, -0.2) is 8.42 Å². The quantitative estimate of drug-likeness (QED) is 0.241. The monoisotopic (exact) mass is 697 g/mol. The van der Waals surface area contributed by atoms with Crippen LogP contribution in [-0.4, -0.2) is 49.9 Å². The smallest absolute Gasteiger partial charge is 0.264 e. The lowest BCUT2D eigenvalue weighted by Crippen LogP contribution is -2.54. The molecule has 2 amide bonds. The van der Waals surface area contributed by atoms with Crippen LogP contribution < -0.4 is 14.4 Å². The first-order valence-electron chi connectivity index (χ1n) is 13.2. The highest BCUT2D eigenvalue weighted by Crippen LogP contribution is 2.28. The molecule has 0 spiro atoms. The van der Waals surface area contributed by atoms with Gasteiger partial charge in [-0.2, -0.15) is 0 Å². The number of carbonyl (C=O) groups excluding carboxylic acids is 2. The van der Waals surface area contributed by atoms with Crippen LogP contribution in [-0.2, 0) is 26.2 Å². The van der Waals surface area contributed by atoms with Crippen LogP contribution >= 0.6 is 39.1 Å². The van der Waals surface area contributed by atoms with Gasteiger partial charge in [-0.3, -0.25) is 13.9 Å². The second-order valence-electron chi connectivity index (χ2n) is 10.6. The number of rotatable bonds is 11. The van der Waals surface area contributed by atoms with E-state index in [9.17, 15) is 18.0 Å². The van der Waals surface area contributed by atoms with Crippen molar-refractivity contribution in [3.63, 3.8) is 0 Å². The minimum absolute atomic E-state index is 0.00180. The second-order valence-corrected chi connectivity index (χ2v) is 14.2. The van der Waals surface area contributed by atoms with E-state index in [4.69, 9.17) is 27.9 Å². The third-order valence-corrected chi connectivity index (χ3v) is 9.17. The maximum Gasteiger partial charge on any atom is 0.264 e.